The van der Waals surface area contributed by atoms with Crippen LogP contribution in [0, 0.1) is 25.5 Å². The van der Waals surface area contributed by atoms with E-state index in [1.165, 1.54) is 13.1 Å². The predicted octanol–water partition coefficient (Wildman–Crippen LogP) is 10.3. The molecule has 0 aliphatic carbocycles. The molecule has 4 aromatic heterocycles. The lowest BCUT2D eigenvalue weighted by molar-refractivity contribution is -0.145. The maximum Gasteiger partial charge on any atom is 0.451 e. The molecular formula is C50H48Cl2F10N8O6S2. The molecule has 420 valence electrons. The Morgan fingerprint density at radius 1 is 0.628 bits per heavy atom. The van der Waals surface area contributed by atoms with E-state index in [1.54, 1.807) is 32.2 Å². The fourth-order valence-electron chi connectivity index (χ4n) is 8.14. The maximum atomic E-state index is 14.6. The molecule has 14 nitrogen and oxygen atoms in total. The number of halogens is 12. The van der Waals surface area contributed by atoms with E-state index in [1.807, 2.05) is 6.92 Å². The van der Waals surface area contributed by atoms with Crippen LogP contribution in [0.2, 0.25) is 0 Å². The van der Waals surface area contributed by atoms with E-state index < -0.39 is 91.0 Å². The van der Waals surface area contributed by atoms with E-state index in [2.05, 4.69) is 35.2 Å². The Labute approximate surface area is 452 Å². The normalized spacial score (nSPS) is 19.7. The molecule has 0 saturated carbocycles. The van der Waals surface area contributed by atoms with Crippen molar-refractivity contribution in [1.82, 2.24) is 39.5 Å². The molecule has 8 rings (SSSR count). The summed E-state index contributed by atoms with van der Waals surface area (Å²) in [4.78, 5) is 46.9. The van der Waals surface area contributed by atoms with Gasteiger partial charge in [0.2, 0.25) is 21.7 Å². The van der Waals surface area contributed by atoms with Crippen LogP contribution < -0.4 is 5.32 Å². The fourth-order valence-corrected chi connectivity index (χ4v) is 10.7. The summed E-state index contributed by atoms with van der Waals surface area (Å²) in [5.41, 5.74) is 4.39. The first-order chi connectivity index (χ1) is 35.9. The first-order valence-corrected chi connectivity index (χ1v) is 27.0. The standard InChI is InChI=1S/C25H23F5N4O3S.C19H20F4N4O.C6H4ClFO2S.ClH/c1-14-11-31-21(17-12-32-24(33-13-17)25(28,29)30)9-16(14)3-8-23(35)22-10-20(27)15(2)34(22)38(36,37)19-6-4-18(26)5-7-19;1-10-7-24-15(13-8-25-18(26-9-13)19(21,22)23)5-12(10)3-4-17(28)16-6-14(20)11(2)27-16;7-11(9,10)6-3-1-5(8)2-4-6;/h4-7,9,11-13,15,20,22H,3,8,10H2,1-2H3;5,7-9,11,14,16,27H,3-4,6H2,1-2H3;1-4H;1H/t15-,20+,22-;11-,14+,16-;;/m00../s1. The molecule has 0 unspecified atom stereocenters. The SMILES string of the molecule is Cc1cnc(-c2cnc(C(F)(F)F)nc2)cc1CCC(=O)[C@@H]1C[C@@H](F)[C@H](C)N1.Cc1cnc(-c2cnc(C(F)(F)F)nc2)cc1CCC(=O)[C@@H]1C[C@@H](F)[C@H](C)N1S(=O)(=O)c1ccc(F)cc1.Cl.O=S(=O)(Cl)c1ccc(F)cc1. The Bertz CT molecular complexity index is 3270. The first-order valence-electron chi connectivity index (χ1n) is 23.2. The Hall–Kier alpha value is -6.06. The third kappa shape index (κ3) is 16.0. The quantitative estimate of drug-likeness (QED) is 0.0848. The van der Waals surface area contributed by atoms with Crippen molar-refractivity contribution in [3.8, 4) is 22.5 Å². The number of carbonyl (C=O) groups excluding carboxylic acids is 2. The maximum absolute atomic E-state index is 14.6. The molecule has 78 heavy (non-hydrogen) atoms. The molecule has 2 fully saturated rings. The van der Waals surface area contributed by atoms with E-state index in [0.29, 0.717) is 34.5 Å². The molecule has 2 aliphatic rings. The summed E-state index contributed by atoms with van der Waals surface area (Å²) in [5, 5.41) is 2.96. The number of hydrogen-bond acceptors (Lipinski definition) is 13. The van der Waals surface area contributed by atoms with Crippen LogP contribution in [-0.2, 0) is 53.9 Å². The fraction of sp³-hybridized carbons (Fsp3) is 0.360. The van der Waals surface area contributed by atoms with Gasteiger partial charge in [-0.25, -0.2) is 54.3 Å². The second-order valence-corrected chi connectivity index (χ2v) is 22.4. The summed E-state index contributed by atoms with van der Waals surface area (Å²) in [6.45, 7) is 6.67. The highest BCUT2D eigenvalue weighted by Gasteiger charge is 2.49. The van der Waals surface area contributed by atoms with Crippen molar-refractivity contribution >= 4 is 53.7 Å². The summed E-state index contributed by atoms with van der Waals surface area (Å²) in [6, 6.07) is 8.56. The summed E-state index contributed by atoms with van der Waals surface area (Å²) < 4.78 is 178. The largest absolute Gasteiger partial charge is 0.451 e. The number of aryl methyl sites for hydroxylation is 4. The smallest absolute Gasteiger partial charge is 0.302 e. The number of alkyl halides is 8. The summed E-state index contributed by atoms with van der Waals surface area (Å²) >= 11 is 0. The van der Waals surface area contributed by atoms with Gasteiger partial charge in [0.05, 0.1) is 39.3 Å². The average Bonchev–Trinajstić information content (AvgIpc) is 3.88. The van der Waals surface area contributed by atoms with Crippen LogP contribution in [-0.4, -0.2) is 99.1 Å². The minimum absolute atomic E-state index is 0. The molecule has 0 radical (unpaired) electrons. The number of nitrogens with one attached hydrogen (secondary N) is 1. The van der Waals surface area contributed by atoms with Gasteiger partial charge in [-0.2, -0.15) is 30.6 Å². The highest BCUT2D eigenvalue weighted by molar-refractivity contribution is 8.13. The second kappa shape index (κ2) is 25.8. The molecule has 2 aliphatic heterocycles. The second-order valence-electron chi connectivity index (χ2n) is 18.0. The van der Waals surface area contributed by atoms with Gasteiger partial charge in [-0.1, -0.05) is 0 Å². The van der Waals surface area contributed by atoms with Crippen LogP contribution in [0.25, 0.3) is 22.5 Å². The minimum atomic E-state index is -4.68. The number of aromatic nitrogens is 6. The molecule has 28 heteroatoms. The molecular weight excluding hydrogens is 1130 g/mol. The zero-order chi connectivity index (χ0) is 56.8. The summed E-state index contributed by atoms with van der Waals surface area (Å²) in [6.07, 6.45) is -4.02. The van der Waals surface area contributed by atoms with E-state index in [4.69, 9.17) is 10.7 Å². The van der Waals surface area contributed by atoms with Gasteiger partial charge in [0.1, 0.15) is 29.8 Å². The molecule has 2 aromatic carbocycles. The van der Waals surface area contributed by atoms with Gasteiger partial charge in [0.15, 0.2) is 5.78 Å². The number of carbonyl (C=O) groups is 2. The third-order valence-electron chi connectivity index (χ3n) is 12.5. The lowest BCUT2D eigenvalue weighted by Crippen LogP contribution is -2.44. The molecule has 0 spiro atoms. The zero-order valence-electron chi connectivity index (χ0n) is 41.4. The van der Waals surface area contributed by atoms with E-state index >= 15 is 0 Å². The Kier molecular flexibility index (Phi) is 20.8. The molecule has 0 amide bonds. The third-order valence-corrected chi connectivity index (χ3v) is 15.9. The molecule has 6 atom stereocenters. The average molecular weight is 1180 g/mol. The number of benzene rings is 2. The molecule has 1 N–H and O–H groups in total. The van der Waals surface area contributed by atoms with Crippen molar-refractivity contribution in [2.24, 2.45) is 0 Å². The Balaban J connectivity index is 0.000000245. The molecule has 6 aromatic rings. The van der Waals surface area contributed by atoms with Gasteiger partial charge < -0.3 is 5.32 Å². The van der Waals surface area contributed by atoms with Crippen molar-refractivity contribution in [2.45, 2.75) is 125 Å². The summed E-state index contributed by atoms with van der Waals surface area (Å²) in [5.74, 6) is -4.16. The van der Waals surface area contributed by atoms with Crippen LogP contribution in [0.1, 0.15) is 73.4 Å². The minimum Gasteiger partial charge on any atom is -0.302 e. The van der Waals surface area contributed by atoms with Crippen LogP contribution >= 0.6 is 23.1 Å². The van der Waals surface area contributed by atoms with Gasteiger partial charge in [-0.15, -0.1) is 12.4 Å². The van der Waals surface area contributed by atoms with Crippen LogP contribution in [0.15, 0.2) is 108 Å². The van der Waals surface area contributed by atoms with Crippen molar-refractivity contribution in [1.29, 1.82) is 0 Å². The van der Waals surface area contributed by atoms with Crippen molar-refractivity contribution in [3.05, 3.63) is 143 Å². The van der Waals surface area contributed by atoms with E-state index in [-0.39, 0.29) is 71.7 Å². The van der Waals surface area contributed by atoms with Gasteiger partial charge in [-0.05, 0) is 123 Å². The van der Waals surface area contributed by atoms with Crippen LogP contribution in [0.5, 0.6) is 0 Å². The molecule has 2 saturated heterocycles. The van der Waals surface area contributed by atoms with Gasteiger partial charge in [-0.3, -0.25) is 19.6 Å². The number of hydrogen-bond donors (Lipinski definition) is 1. The van der Waals surface area contributed by atoms with Crippen molar-refractivity contribution < 1.29 is 70.3 Å². The van der Waals surface area contributed by atoms with E-state index in [0.717, 1.165) is 88.8 Å². The highest BCUT2D eigenvalue weighted by Crippen LogP contribution is 2.35. The first kappa shape index (κ1) is 62.8. The number of sulfonamides is 1. The lowest BCUT2D eigenvalue weighted by atomic mass is 9.99. The highest BCUT2D eigenvalue weighted by atomic mass is 35.7. The Morgan fingerprint density at radius 2 is 1.04 bits per heavy atom. The number of nitrogens with zero attached hydrogens (tertiary/aromatic N) is 7. The summed E-state index contributed by atoms with van der Waals surface area (Å²) in [7, 11) is -3.03. The number of pyridine rings is 2. The van der Waals surface area contributed by atoms with Gasteiger partial charge in [0.25, 0.3) is 9.05 Å². The van der Waals surface area contributed by atoms with Gasteiger partial charge >= 0.3 is 12.4 Å². The van der Waals surface area contributed by atoms with Crippen LogP contribution in [0.3, 0.4) is 0 Å². The zero-order valence-corrected chi connectivity index (χ0v) is 44.6. The monoisotopic (exact) mass is 1180 g/mol. The lowest BCUT2D eigenvalue weighted by Gasteiger charge is -2.26. The van der Waals surface area contributed by atoms with Crippen molar-refractivity contribution in [2.75, 3.05) is 0 Å². The topological polar surface area (TPSA) is 195 Å². The Morgan fingerprint density at radius 3 is 1.42 bits per heavy atom. The van der Waals surface area contributed by atoms with Gasteiger partial charge in [0, 0.05) is 90.7 Å². The molecule has 0 bridgehead atoms. The number of ketones is 2. The number of Topliss-reactive ketones (excluding diaryl/α,β-unsaturated/α-hetero) is 2. The van der Waals surface area contributed by atoms with Crippen LogP contribution in [0.4, 0.5) is 43.9 Å². The predicted molar refractivity (Wildman–Crippen MR) is 267 cm³/mol. The molecule has 6 heterocycles. The van der Waals surface area contributed by atoms with E-state index in [9.17, 15) is 70.3 Å². The number of rotatable bonds is 13. The van der Waals surface area contributed by atoms with Crippen molar-refractivity contribution in [3.63, 3.8) is 0 Å².